The first-order chi connectivity index (χ1) is 14.6. The molecule has 0 atom stereocenters. The molecule has 0 bridgehead atoms. The van der Waals surface area contributed by atoms with Gasteiger partial charge >= 0.3 is 5.97 Å². The van der Waals surface area contributed by atoms with Crippen LogP contribution in [-0.2, 0) is 22.7 Å². The molecule has 0 heterocycles. The fraction of sp³-hybridized carbons (Fsp3) is 0.192. The molecule has 0 aliphatic heterocycles. The summed E-state index contributed by atoms with van der Waals surface area (Å²) in [5, 5.41) is 0. The number of benzene rings is 3. The molecule has 0 amide bonds. The van der Waals surface area contributed by atoms with E-state index in [1.807, 2.05) is 92.7 Å². The van der Waals surface area contributed by atoms with Crippen molar-refractivity contribution < 1.29 is 19.0 Å². The maximum Gasteiger partial charge on any atom is 0.331 e. The molecule has 3 aromatic rings. The molecule has 0 fully saturated rings. The van der Waals surface area contributed by atoms with Gasteiger partial charge in [-0.05, 0) is 48.7 Å². The SMILES string of the molecule is CC(C)OC(=O)/C=C/c1ccc(OCc2ccccc2)c(OCc2ccccc2)c1. The zero-order chi connectivity index (χ0) is 21.2. The first-order valence-electron chi connectivity index (χ1n) is 9.96. The lowest BCUT2D eigenvalue weighted by Gasteiger charge is -2.14. The fourth-order valence-electron chi connectivity index (χ4n) is 2.77. The van der Waals surface area contributed by atoms with Gasteiger partial charge in [0.2, 0.25) is 0 Å². The van der Waals surface area contributed by atoms with Gasteiger partial charge in [-0.1, -0.05) is 66.7 Å². The van der Waals surface area contributed by atoms with Gasteiger partial charge in [0.15, 0.2) is 11.5 Å². The second-order valence-electron chi connectivity index (χ2n) is 7.07. The monoisotopic (exact) mass is 402 g/mol. The third-order valence-electron chi connectivity index (χ3n) is 4.21. The molecule has 154 valence electrons. The van der Waals surface area contributed by atoms with Crippen molar-refractivity contribution in [2.75, 3.05) is 0 Å². The van der Waals surface area contributed by atoms with Crippen molar-refractivity contribution >= 4 is 12.0 Å². The van der Waals surface area contributed by atoms with Crippen molar-refractivity contribution in [1.29, 1.82) is 0 Å². The molecular weight excluding hydrogens is 376 g/mol. The van der Waals surface area contributed by atoms with Gasteiger partial charge < -0.3 is 14.2 Å². The molecule has 4 heteroatoms. The summed E-state index contributed by atoms with van der Waals surface area (Å²) in [5.74, 6) is 0.895. The minimum atomic E-state index is -0.374. The van der Waals surface area contributed by atoms with Crippen LogP contribution >= 0.6 is 0 Å². The predicted molar refractivity (Wildman–Crippen MR) is 118 cm³/mol. The summed E-state index contributed by atoms with van der Waals surface area (Å²) in [6.07, 6.45) is 2.97. The first kappa shape index (κ1) is 21.2. The summed E-state index contributed by atoms with van der Waals surface area (Å²) in [6, 6.07) is 25.5. The van der Waals surface area contributed by atoms with E-state index < -0.39 is 0 Å². The van der Waals surface area contributed by atoms with E-state index in [0.29, 0.717) is 24.7 Å². The van der Waals surface area contributed by atoms with Gasteiger partial charge in [-0.2, -0.15) is 0 Å². The summed E-state index contributed by atoms with van der Waals surface area (Å²) in [6.45, 7) is 4.50. The highest BCUT2D eigenvalue weighted by atomic mass is 16.5. The van der Waals surface area contributed by atoms with Crippen molar-refractivity contribution in [3.63, 3.8) is 0 Å². The zero-order valence-electron chi connectivity index (χ0n) is 17.3. The molecule has 0 saturated heterocycles. The van der Waals surface area contributed by atoms with Crippen molar-refractivity contribution in [3.8, 4) is 11.5 Å². The van der Waals surface area contributed by atoms with Gasteiger partial charge in [0.1, 0.15) is 13.2 Å². The lowest BCUT2D eigenvalue weighted by atomic mass is 10.2. The zero-order valence-corrected chi connectivity index (χ0v) is 17.3. The van der Waals surface area contributed by atoms with Gasteiger partial charge in [-0.3, -0.25) is 0 Å². The van der Waals surface area contributed by atoms with Gasteiger partial charge in [0.25, 0.3) is 0 Å². The lowest BCUT2D eigenvalue weighted by molar-refractivity contribution is -0.141. The quantitative estimate of drug-likeness (QED) is 0.335. The minimum Gasteiger partial charge on any atom is -0.485 e. The van der Waals surface area contributed by atoms with Crippen LogP contribution in [0.4, 0.5) is 0 Å². The Labute approximate surface area is 177 Å². The molecule has 0 aromatic heterocycles. The first-order valence-corrected chi connectivity index (χ1v) is 9.96. The smallest absolute Gasteiger partial charge is 0.331 e. The number of ether oxygens (including phenoxy) is 3. The Hall–Kier alpha value is -3.53. The molecule has 30 heavy (non-hydrogen) atoms. The standard InChI is InChI=1S/C26H26O4/c1-20(2)30-26(27)16-14-21-13-15-24(28-18-22-9-5-3-6-10-22)25(17-21)29-19-23-11-7-4-8-12-23/h3-17,20H,18-19H2,1-2H3/b16-14+. The molecule has 3 rings (SSSR count). The summed E-state index contributed by atoms with van der Waals surface area (Å²) in [5.41, 5.74) is 2.96. The van der Waals surface area contributed by atoms with Crippen LogP contribution in [0.2, 0.25) is 0 Å². The highest BCUT2D eigenvalue weighted by Gasteiger charge is 2.08. The topological polar surface area (TPSA) is 44.8 Å². The minimum absolute atomic E-state index is 0.152. The van der Waals surface area contributed by atoms with Crippen molar-refractivity contribution in [2.45, 2.75) is 33.2 Å². The molecule has 3 aromatic carbocycles. The van der Waals surface area contributed by atoms with E-state index in [1.54, 1.807) is 6.08 Å². The molecule has 0 N–H and O–H groups in total. The van der Waals surface area contributed by atoms with E-state index in [2.05, 4.69) is 0 Å². The summed E-state index contributed by atoms with van der Waals surface area (Å²) in [7, 11) is 0. The van der Waals surface area contributed by atoms with Crippen LogP contribution in [0.25, 0.3) is 6.08 Å². The van der Waals surface area contributed by atoms with Crippen LogP contribution in [-0.4, -0.2) is 12.1 Å². The van der Waals surface area contributed by atoms with Crippen LogP contribution in [0.3, 0.4) is 0 Å². The average molecular weight is 402 g/mol. The third kappa shape index (κ3) is 6.82. The van der Waals surface area contributed by atoms with Gasteiger partial charge in [-0.25, -0.2) is 4.79 Å². The Kier molecular flexibility index (Phi) is 7.67. The second-order valence-corrected chi connectivity index (χ2v) is 7.07. The third-order valence-corrected chi connectivity index (χ3v) is 4.21. The number of carbonyl (C=O) groups excluding carboxylic acids is 1. The number of carbonyl (C=O) groups is 1. The van der Waals surface area contributed by atoms with E-state index in [0.717, 1.165) is 16.7 Å². The molecule has 0 spiro atoms. The van der Waals surface area contributed by atoms with Crippen LogP contribution in [0.5, 0.6) is 11.5 Å². The Balaban J connectivity index is 1.75. The number of hydrogen-bond acceptors (Lipinski definition) is 4. The Morgan fingerprint density at radius 1 is 0.800 bits per heavy atom. The highest BCUT2D eigenvalue weighted by Crippen LogP contribution is 2.30. The predicted octanol–water partition coefficient (Wildman–Crippen LogP) is 5.81. The second kappa shape index (κ2) is 10.9. The molecule has 0 aliphatic carbocycles. The Bertz CT molecular complexity index is 963. The van der Waals surface area contributed by atoms with Gasteiger partial charge in [0, 0.05) is 6.08 Å². The maximum atomic E-state index is 11.8. The van der Waals surface area contributed by atoms with E-state index in [4.69, 9.17) is 14.2 Å². The molecule has 0 aliphatic rings. The Morgan fingerprint density at radius 2 is 1.37 bits per heavy atom. The normalized spacial score (nSPS) is 10.9. The van der Waals surface area contributed by atoms with Crippen LogP contribution in [0.1, 0.15) is 30.5 Å². The van der Waals surface area contributed by atoms with Gasteiger partial charge in [0.05, 0.1) is 6.10 Å². The number of hydrogen-bond donors (Lipinski definition) is 0. The van der Waals surface area contributed by atoms with Gasteiger partial charge in [-0.15, -0.1) is 0 Å². The largest absolute Gasteiger partial charge is 0.485 e. The van der Waals surface area contributed by atoms with E-state index in [9.17, 15) is 4.79 Å². The van der Waals surface area contributed by atoms with Crippen LogP contribution in [0.15, 0.2) is 84.9 Å². The average Bonchev–Trinajstić information content (AvgIpc) is 2.76. The lowest BCUT2D eigenvalue weighted by Crippen LogP contribution is -2.08. The van der Waals surface area contributed by atoms with Crippen LogP contribution in [0, 0.1) is 0 Å². The van der Waals surface area contributed by atoms with Crippen molar-refractivity contribution in [2.24, 2.45) is 0 Å². The summed E-state index contributed by atoms with van der Waals surface area (Å²) >= 11 is 0. The number of rotatable bonds is 9. The van der Waals surface area contributed by atoms with Crippen molar-refractivity contribution in [3.05, 3.63) is 102 Å². The summed E-state index contributed by atoms with van der Waals surface area (Å²) < 4.78 is 17.2. The molecule has 0 radical (unpaired) electrons. The van der Waals surface area contributed by atoms with Crippen molar-refractivity contribution in [1.82, 2.24) is 0 Å². The molecule has 4 nitrogen and oxygen atoms in total. The fourth-order valence-corrected chi connectivity index (χ4v) is 2.77. The highest BCUT2D eigenvalue weighted by molar-refractivity contribution is 5.87. The van der Waals surface area contributed by atoms with E-state index in [1.165, 1.54) is 6.08 Å². The number of esters is 1. The van der Waals surface area contributed by atoms with E-state index in [-0.39, 0.29) is 12.1 Å². The Morgan fingerprint density at radius 3 is 1.93 bits per heavy atom. The summed E-state index contributed by atoms with van der Waals surface area (Å²) in [4.78, 5) is 11.8. The van der Waals surface area contributed by atoms with E-state index >= 15 is 0 Å². The van der Waals surface area contributed by atoms with Crippen LogP contribution < -0.4 is 9.47 Å². The molecule has 0 unspecified atom stereocenters. The maximum absolute atomic E-state index is 11.8. The molecular formula is C26H26O4. The molecule has 0 saturated carbocycles.